The lowest BCUT2D eigenvalue weighted by Crippen LogP contribution is -2.30. The first-order valence-corrected chi connectivity index (χ1v) is 5.79. The molecular weight excluding hydrogens is 160 g/mol. The summed E-state index contributed by atoms with van der Waals surface area (Å²) in [5.41, 5.74) is 0.301. The molecule has 1 rings (SSSR count). The summed E-state index contributed by atoms with van der Waals surface area (Å²) in [5, 5.41) is 0. The Morgan fingerprint density at radius 2 is 1.73 bits per heavy atom. The average Bonchev–Trinajstić information content (AvgIpc) is 2.67. The molecule has 0 bridgehead atoms. The van der Waals surface area contributed by atoms with E-state index in [4.69, 9.17) is 13.6 Å². The van der Waals surface area contributed by atoms with Crippen LogP contribution >= 0.6 is 0 Å². The number of hydrogen-bond donors (Lipinski definition) is 0. The van der Waals surface area contributed by atoms with Crippen molar-refractivity contribution in [1.29, 1.82) is 0 Å². The van der Waals surface area contributed by atoms with Crippen LogP contribution in [0.4, 0.5) is 0 Å². The van der Waals surface area contributed by atoms with E-state index in [2.05, 4.69) is 6.92 Å². The highest BCUT2D eigenvalue weighted by atomic mass is 28.3. The lowest BCUT2D eigenvalue weighted by molar-refractivity contribution is 0.200. The molecule has 66 valence electrons. The van der Waals surface area contributed by atoms with E-state index in [1.807, 2.05) is 13.8 Å². The van der Waals surface area contributed by atoms with Crippen LogP contribution < -0.4 is 0 Å². The van der Waals surface area contributed by atoms with Gasteiger partial charge in [0.2, 0.25) is 0 Å². The topological polar surface area (TPSA) is 31.0 Å². The maximum Gasteiger partial charge on any atom is 0.354 e. The maximum absolute atomic E-state index is 5.47. The maximum atomic E-state index is 5.47. The van der Waals surface area contributed by atoms with Gasteiger partial charge in [-0.05, 0) is 20.8 Å². The van der Waals surface area contributed by atoms with Gasteiger partial charge >= 0.3 is 9.28 Å². The first kappa shape index (κ1) is 9.19. The molecule has 2 unspecified atom stereocenters. The molecule has 0 radical (unpaired) electrons. The molecule has 1 saturated heterocycles. The lowest BCUT2D eigenvalue weighted by atomic mass is 10.6. The Morgan fingerprint density at radius 1 is 1.27 bits per heavy atom. The Hall–Kier alpha value is 0.0969. The molecule has 0 saturated carbocycles. The minimum Gasteiger partial charge on any atom is -0.395 e. The Morgan fingerprint density at radius 3 is 2.00 bits per heavy atom. The van der Waals surface area contributed by atoms with Crippen molar-refractivity contribution >= 4 is 9.28 Å². The highest BCUT2D eigenvalue weighted by molar-refractivity contribution is 6.47. The van der Waals surface area contributed by atoms with E-state index in [9.17, 15) is 0 Å². The summed E-state index contributed by atoms with van der Waals surface area (Å²) in [5.74, 6) is 0. The zero-order valence-electron chi connectivity index (χ0n) is 7.37. The van der Waals surface area contributed by atoms with Gasteiger partial charge in [-0.15, -0.1) is 0 Å². The van der Waals surface area contributed by atoms with Crippen molar-refractivity contribution < 1.29 is 13.6 Å². The van der Waals surface area contributed by atoms with E-state index in [-0.39, 0.29) is 0 Å². The van der Waals surface area contributed by atoms with Crippen molar-refractivity contribution in [3.8, 4) is 0 Å². The lowest BCUT2D eigenvalue weighted by Gasteiger charge is -2.11. The fraction of sp³-hybridized carbons (Fsp3) is 1.00. The quantitative estimate of drug-likeness (QED) is 0.454. The summed E-state index contributed by atoms with van der Waals surface area (Å²) >= 11 is 0. The van der Waals surface area contributed by atoms with Crippen LogP contribution in [0.2, 0.25) is 0 Å². The highest BCUT2D eigenvalue weighted by Crippen LogP contribution is 2.24. The summed E-state index contributed by atoms with van der Waals surface area (Å²) in [6.45, 7) is 7.52. The fourth-order valence-corrected chi connectivity index (χ4v) is 3.01. The van der Waals surface area contributed by atoms with E-state index in [0.29, 0.717) is 11.8 Å². The fourth-order valence-electron chi connectivity index (χ4n) is 1.05. The molecule has 1 heterocycles. The smallest absolute Gasteiger partial charge is 0.354 e. The zero-order chi connectivity index (χ0) is 8.27. The molecule has 4 heteroatoms. The van der Waals surface area contributed by atoms with Gasteiger partial charge in [0.25, 0.3) is 0 Å². The van der Waals surface area contributed by atoms with Crippen molar-refractivity contribution in [3.05, 3.63) is 0 Å². The summed E-state index contributed by atoms with van der Waals surface area (Å²) < 4.78 is 16.2. The van der Waals surface area contributed by atoms with Gasteiger partial charge in [-0.3, -0.25) is 0 Å². The predicted octanol–water partition coefficient (Wildman–Crippen LogP) is 0.606. The molecule has 3 nitrogen and oxygen atoms in total. The monoisotopic (exact) mass is 176 g/mol. The van der Waals surface area contributed by atoms with Crippen molar-refractivity contribution in [1.82, 2.24) is 0 Å². The van der Waals surface area contributed by atoms with Crippen LogP contribution in [0.15, 0.2) is 0 Å². The van der Waals surface area contributed by atoms with Gasteiger partial charge in [0.05, 0.1) is 6.10 Å². The van der Waals surface area contributed by atoms with Crippen LogP contribution in [-0.2, 0) is 13.6 Å². The van der Waals surface area contributed by atoms with E-state index in [1.165, 1.54) is 0 Å². The Labute approximate surface area is 69.5 Å². The molecule has 1 fully saturated rings. The third kappa shape index (κ3) is 2.55. The van der Waals surface area contributed by atoms with Crippen LogP contribution in [-0.4, -0.2) is 34.3 Å². The van der Waals surface area contributed by atoms with E-state index < -0.39 is 9.28 Å². The minimum absolute atomic E-state index is 0.301. The molecule has 0 spiro atoms. The van der Waals surface area contributed by atoms with E-state index in [0.717, 1.165) is 13.2 Å². The molecule has 0 aromatic carbocycles. The molecule has 11 heavy (non-hydrogen) atoms. The van der Waals surface area contributed by atoms with Gasteiger partial charge < -0.3 is 13.6 Å². The average molecular weight is 176 g/mol. The van der Waals surface area contributed by atoms with Gasteiger partial charge in [-0.2, -0.15) is 0 Å². The second kappa shape index (κ2) is 4.20. The molecule has 1 aliphatic heterocycles. The van der Waals surface area contributed by atoms with Crippen LogP contribution in [0.3, 0.4) is 0 Å². The number of hydrogen-bond acceptors (Lipinski definition) is 3. The minimum atomic E-state index is -1.48. The van der Waals surface area contributed by atoms with Crippen molar-refractivity contribution in [2.75, 3.05) is 13.2 Å². The first-order valence-electron chi connectivity index (χ1n) is 4.18. The van der Waals surface area contributed by atoms with Gasteiger partial charge in [-0.1, -0.05) is 0 Å². The van der Waals surface area contributed by atoms with Crippen molar-refractivity contribution in [3.63, 3.8) is 0 Å². The molecule has 1 aliphatic rings. The van der Waals surface area contributed by atoms with Gasteiger partial charge in [0, 0.05) is 13.2 Å². The number of epoxide rings is 1. The molecule has 0 aromatic heterocycles. The Balaban J connectivity index is 2.22. The Kier molecular flexibility index (Phi) is 3.51. The standard InChI is InChI=1S/C7H16O3Si/c1-4-8-11(9-5-2)7-6(3)10-7/h6-7,11H,4-5H2,1-3H3. The normalized spacial score (nSPS) is 29.5. The predicted molar refractivity (Wildman–Crippen MR) is 44.7 cm³/mol. The third-order valence-electron chi connectivity index (χ3n) is 1.69. The Bertz CT molecular complexity index is 114. The van der Waals surface area contributed by atoms with Crippen LogP contribution in [0.5, 0.6) is 0 Å². The molecular formula is C7H16O3Si. The van der Waals surface area contributed by atoms with Gasteiger partial charge in [0.1, 0.15) is 5.73 Å². The molecule has 0 N–H and O–H groups in total. The van der Waals surface area contributed by atoms with E-state index >= 15 is 0 Å². The first-order chi connectivity index (χ1) is 5.29. The molecule has 0 aromatic rings. The summed E-state index contributed by atoms with van der Waals surface area (Å²) in [6.07, 6.45) is 0.366. The highest BCUT2D eigenvalue weighted by Gasteiger charge is 2.45. The second-order valence-corrected chi connectivity index (χ2v) is 4.65. The summed E-state index contributed by atoms with van der Waals surface area (Å²) in [7, 11) is -1.48. The van der Waals surface area contributed by atoms with Crippen LogP contribution in [0, 0.1) is 0 Å². The van der Waals surface area contributed by atoms with Crippen LogP contribution in [0.25, 0.3) is 0 Å². The number of rotatable bonds is 5. The van der Waals surface area contributed by atoms with Gasteiger partial charge in [0.15, 0.2) is 0 Å². The summed E-state index contributed by atoms with van der Waals surface area (Å²) in [4.78, 5) is 0. The summed E-state index contributed by atoms with van der Waals surface area (Å²) in [6, 6.07) is 0. The van der Waals surface area contributed by atoms with Crippen LogP contribution in [0.1, 0.15) is 20.8 Å². The number of ether oxygens (including phenoxy) is 1. The molecule has 0 amide bonds. The zero-order valence-corrected chi connectivity index (χ0v) is 8.53. The molecule has 0 aliphatic carbocycles. The van der Waals surface area contributed by atoms with Gasteiger partial charge in [-0.25, -0.2) is 0 Å². The SMILES string of the molecule is CCO[SiH](OCC)C1OC1C. The van der Waals surface area contributed by atoms with Crippen molar-refractivity contribution in [2.24, 2.45) is 0 Å². The third-order valence-corrected chi connectivity index (χ3v) is 4.25. The second-order valence-electron chi connectivity index (χ2n) is 2.58. The van der Waals surface area contributed by atoms with Crippen molar-refractivity contribution in [2.45, 2.75) is 32.6 Å². The largest absolute Gasteiger partial charge is 0.395 e. The molecule has 2 atom stereocenters. The van der Waals surface area contributed by atoms with E-state index in [1.54, 1.807) is 0 Å².